The third-order valence-corrected chi connectivity index (χ3v) is 4.72. The summed E-state index contributed by atoms with van der Waals surface area (Å²) in [7, 11) is 0. The predicted molar refractivity (Wildman–Crippen MR) is 67.5 cm³/mol. The van der Waals surface area contributed by atoms with Crippen LogP contribution in [0.1, 0.15) is 59.3 Å². The molecule has 0 aromatic carbocycles. The third kappa shape index (κ3) is 2.78. The van der Waals surface area contributed by atoms with Gasteiger partial charge in [0, 0.05) is 12.6 Å². The molecule has 0 aromatic heterocycles. The maximum absolute atomic E-state index is 10.6. The fraction of sp³-hybridized carbons (Fsp3) is 1.00. The lowest BCUT2D eigenvalue weighted by Crippen LogP contribution is -2.47. The van der Waals surface area contributed by atoms with Gasteiger partial charge in [-0.2, -0.15) is 0 Å². The molecule has 2 heteroatoms. The molecule has 1 unspecified atom stereocenters. The second-order valence-corrected chi connectivity index (χ2v) is 6.85. The molecule has 1 saturated carbocycles. The molecule has 0 spiro atoms. The number of β-amino-alcohol motifs (C(OH)–C–C–N with tert-alkyl or cyclic N) is 1. The SMILES string of the molecule is CC1CCCN1CC1(O)CCC(C)(C)CC1. The highest BCUT2D eigenvalue weighted by molar-refractivity contribution is 4.93. The van der Waals surface area contributed by atoms with Gasteiger partial charge in [-0.25, -0.2) is 0 Å². The molecule has 2 fully saturated rings. The van der Waals surface area contributed by atoms with Crippen molar-refractivity contribution < 1.29 is 5.11 Å². The highest BCUT2D eigenvalue weighted by atomic mass is 16.3. The van der Waals surface area contributed by atoms with Crippen molar-refractivity contribution in [1.82, 2.24) is 4.90 Å². The minimum absolute atomic E-state index is 0.395. The van der Waals surface area contributed by atoms with Crippen LogP contribution in [0.25, 0.3) is 0 Å². The molecular weight excluding hydrogens is 198 g/mol. The summed E-state index contributed by atoms with van der Waals surface area (Å²) in [5.41, 5.74) is 0.0526. The van der Waals surface area contributed by atoms with Crippen molar-refractivity contribution in [2.24, 2.45) is 5.41 Å². The van der Waals surface area contributed by atoms with Gasteiger partial charge < -0.3 is 5.11 Å². The van der Waals surface area contributed by atoms with Gasteiger partial charge in [-0.3, -0.25) is 4.90 Å². The van der Waals surface area contributed by atoms with E-state index in [1.165, 1.54) is 32.2 Å². The van der Waals surface area contributed by atoms with Gasteiger partial charge in [0.05, 0.1) is 5.60 Å². The van der Waals surface area contributed by atoms with Crippen LogP contribution in [0.4, 0.5) is 0 Å². The number of hydrogen-bond acceptors (Lipinski definition) is 2. The Morgan fingerprint density at radius 1 is 1.19 bits per heavy atom. The molecule has 0 radical (unpaired) electrons. The zero-order valence-corrected chi connectivity index (χ0v) is 11.1. The predicted octanol–water partition coefficient (Wildman–Crippen LogP) is 2.80. The Hall–Kier alpha value is -0.0800. The smallest absolute Gasteiger partial charge is 0.0774 e. The zero-order chi connectivity index (χ0) is 11.8. The van der Waals surface area contributed by atoms with E-state index in [2.05, 4.69) is 25.7 Å². The van der Waals surface area contributed by atoms with Crippen molar-refractivity contribution in [3.8, 4) is 0 Å². The fourth-order valence-electron chi connectivity index (χ4n) is 3.16. The summed E-state index contributed by atoms with van der Waals surface area (Å²) >= 11 is 0. The zero-order valence-electron chi connectivity index (χ0n) is 11.1. The van der Waals surface area contributed by atoms with E-state index in [0.717, 1.165) is 19.4 Å². The lowest BCUT2D eigenvalue weighted by atomic mass is 9.71. The van der Waals surface area contributed by atoms with Crippen molar-refractivity contribution in [3.63, 3.8) is 0 Å². The lowest BCUT2D eigenvalue weighted by molar-refractivity contribution is -0.0507. The Morgan fingerprint density at radius 3 is 2.31 bits per heavy atom. The minimum Gasteiger partial charge on any atom is -0.389 e. The average molecular weight is 225 g/mol. The van der Waals surface area contributed by atoms with Gasteiger partial charge >= 0.3 is 0 Å². The number of nitrogens with zero attached hydrogens (tertiary/aromatic N) is 1. The van der Waals surface area contributed by atoms with Crippen LogP contribution >= 0.6 is 0 Å². The molecule has 1 aliphatic carbocycles. The molecule has 0 bridgehead atoms. The normalized spacial score (nSPS) is 34.1. The number of aliphatic hydroxyl groups is 1. The van der Waals surface area contributed by atoms with Gasteiger partial charge in [0.15, 0.2) is 0 Å². The molecule has 1 aliphatic heterocycles. The molecule has 2 nitrogen and oxygen atoms in total. The Balaban J connectivity index is 1.89. The molecule has 1 saturated heterocycles. The molecule has 1 N–H and O–H groups in total. The summed E-state index contributed by atoms with van der Waals surface area (Å²) in [6.45, 7) is 9.04. The molecule has 1 atom stereocenters. The highest BCUT2D eigenvalue weighted by Crippen LogP contribution is 2.41. The Morgan fingerprint density at radius 2 is 1.81 bits per heavy atom. The molecule has 0 amide bonds. The van der Waals surface area contributed by atoms with Crippen molar-refractivity contribution in [2.75, 3.05) is 13.1 Å². The molecule has 1 heterocycles. The van der Waals surface area contributed by atoms with Crippen LogP contribution in [0, 0.1) is 5.41 Å². The summed E-state index contributed by atoms with van der Waals surface area (Å²) in [6, 6.07) is 0.680. The fourth-order valence-corrected chi connectivity index (χ4v) is 3.16. The van der Waals surface area contributed by atoms with E-state index in [0.29, 0.717) is 11.5 Å². The summed E-state index contributed by atoms with van der Waals surface area (Å²) in [5, 5.41) is 10.6. The second-order valence-electron chi connectivity index (χ2n) is 6.85. The van der Waals surface area contributed by atoms with Crippen LogP contribution in [-0.2, 0) is 0 Å². The number of rotatable bonds is 2. The van der Waals surface area contributed by atoms with Crippen molar-refractivity contribution in [3.05, 3.63) is 0 Å². The topological polar surface area (TPSA) is 23.5 Å². The maximum Gasteiger partial charge on any atom is 0.0774 e. The Kier molecular flexibility index (Phi) is 3.33. The van der Waals surface area contributed by atoms with Crippen molar-refractivity contribution in [1.29, 1.82) is 0 Å². The van der Waals surface area contributed by atoms with Gasteiger partial charge in [-0.05, 0) is 57.4 Å². The molecule has 2 aliphatic rings. The van der Waals surface area contributed by atoms with E-state index in [-0.39, 0.29) is 0 Å². The van der Waals surface area contributed by atoms with E-state index in [1.54, 1.807) is 0 Å². The quantitative estimate of drug-likeness (QED) is 0.781. The summed E-state index contributed by atoms with van der Waals surface area (Å²) in [5.74, 6) is 0. The molecule has 0 aromatic rings. The van der Waals surface area contributed by atoms with Gasteiger partial charge in [0.1, 0.15) is 0 Å². The van der Waals surface area contributed by atoms with E-state index in [9.17, 15) is 5.11 Å². The van der Waals surface area contributed by atoms with Gasteiger partial charge in [0.25, 0.3) is 0 Å². The van der Waals surface area contributed by atoms with Gasteiger partial charge in [0.2, 0.25) is 0 Å². The van der Waals surface area contributed by atoms with E-state index >= 15 is 0 Å². The van der Waals surface area contributed by atoms with Crippen LogP contribution < -0.4 is 0 Å². The number of likely N-dealkylation sites (tertiary alicyclic amines) is 1. The monoisotopic (exact) mass is 225 g/mol. The molecule has 94 valence electrons. The standard InChI is InChI=1S/C14H27NO/c1-12-5-4-10-15(12)11-14(16)8-6-13(2,3)7-9-14/h12,16H,4-11H2,1-3H3. The third-order valence-electron chi connectivity index (χ3n) is 4.72. The van der Waals surface area contributed by atoms with Crippen LogP contribution in [0.5, 0.6) is 0 Å². The molecular formula is C14H27NO. The Bertz CT molecular complexity index is 239. The van der Waals surface area contributed by atoms with Gasteiger partial charge in [-0.1, -0.05) is 13.8 Å². The average Bonchev–Trinajstić information content (AvgIpc) is 2.58. The van der Waals surface area contributed by atoms with Crippen molar-refractivity contribution in [2.45, 2.75) is 70.9 Å². The van der Waals surface area contributed by atoms with Crippen molar-refractivity contribution >= 4 is 0 Å². The summed E-state index contributed by atoms with van der Waals surface area (Å²) < 4.78 is 0. The molecule has 16 heavy (non-hydrogen) atoms. The second kappa shape index (κ2) is 4.30. The summed E-state index contributed by atoms with van der Waals surface area (Å²) in [6.07, 6.45) is 6.94. The van der Waals surface area contributed by atoms with Crippen LogP contribution in [0.15, 0.2) is 0 Å². The number of hydrogen-bond donors (Lipinski definition) is 1. The minimum atomic E-state index is -0.395. The van der Waals surface area contributed by atoms with Crippen LogP contribution in [0.3, 0.4) is 0 Å². The maximum atomic E-state index is 10.6. The van der Waals surface area contributed by atoms with E-state index in [4.69, 9.17) is 0 Å². The first kappa shape index (κ1) is 12.4. The largest absolute Gasteiger partial charge is 0.389 e. The summed E-state index contributed by atoms with van der Waals surface area (Å²) in [4.78, 5) is 2.48. The lowest BCUT2D eigenvalue weighted by Gasteiger charge is -2.42. The van der Waals surface area contributed by atoms with Crippen LogP contribution in [-0.4, -0.2) is 34.7 Å². The first-order valence-corrected chi connectivity index (χ1v) is 6.87. The van der Waals surface area contributed by atoms with Crippen LogP contribution in [0.2, 0.25) is 0 Å². The van der Waals surface area contributed by atoms with Gasteiger partial charge in [-0.15, -0.1) is 0 Å². The van der Waals surface area contributed by atoms with E-state index < -0.39 is 5.60 Å². The first-order chi connectivity index (χ1) is 7.40. The van der Waals surface area contributed by atoms with E-state index in [1.807, 2.05) is 0 Å². The Labute approximate surface area is 100 Å². The molecule has 2 rings (SSSR count). The first-order valence-electron chi connectivity index (χ1n) is 6.87. The highest BCUT2D eigenvalue weighted by Gasteiger charge is 2.39.